The molecule has 1 aliphatic heterocycles. The van der Waals surface area contributed by atoms with Crippen LogP contribution in [0.15, 0.2) is 26.2 Å². The highest BCUT2D eigenvalue weighted by Crippen LogP contribution is 2.47. The van der Waals surface area contributed by atoms with E-state index in [0.717, 1.165) is 14.2 Å². The average Bonchev–Trinajstić information content (AvgIpc) is 3.02. The number of rotatable bonds is 2. The lowest BCUT2D eigenvalue weighted by Gasteiger charge is -2.10. The number of anilines is 1. The van der Waals surface area contributed by atoms with E-state index < -0.39 is 0 Å². The van der Waals surface area contributed by atoms with E-state index in [9.17, 15) is 4.79 Å². The van der Waals surface area contributed by atoms with Crippen molar-refractivity contribution in [2.45, 2.75) is 0 Å². The Balaban J connectivity index is 1.98. The van der Waals surface area contributed by atoms with Crippen molar-refractivity contribution in [3.8, 4) is 0 Å². The van der Waals surface area contributed by atoms with E-state index in [4.69, 9.17) is 23.2 Å². The van der Waals surface area contributed by atoms with E-state index in [1.807, 2.05) is 0 Å². The van der Waals surface area contributed by atoms with Gasteiger partial charge in [0.15, 0.2) is 0 Å². The molecule has 1 amide bonds. The van der Waals surface area contributed by atoms with Gasteiger partial charge in [-0.25, -0.2) is 0 Å². The number of hydrogen-bond acceptors (Lipinski definition) is 4. The highest BCUT2D eigenvalue weighted by molar-refractivity contribution is 14.1. The zero-order valence-electron chi connectivity index (χ0n) is 9.49. The first-order chi connectivity index (χ1) is 9.56. The molecule has 1 aromatic heterocycles. The average molecular weight is 456 g/mol. The standard InChI is InChI=1S/C11H4Cl2IN3OS2/c12-5-2-6(13)9-10(17-20-16-9)8(5)15-11(18)4-1-7(14)19-3-4/h1-3H,(H,15,18). The number of carbonyl (C=O) groups excluding carboxylic acids is 1. The minimum atomic E-state index is -0.234. The molecule has 0 saturated heterocycles. The molecule has 0 fully saturated rings. The third kappa shape index (κ3) is 2.64. The van der Waals surface area contributed by atoms with Crippen LogP contribution in [-0.4, -0.2) is 5.91 Å². The predicted molar refractivity (Wildman–Crippen MR) is 93.0 cm³/mol. The highest BCUT2D eigenvalue weighted by atomic mass is 127. The topological polar surface area (TPSA) is 53.8 Å². The maximum Gasteiger partial charge on any atom is 0.256 e. The van der Waals surface area contributed by atoms with Gasteiger partial charge in [-0.3, -0.25) is 4.79 Å². The number of fused-ring (bicyclic) bond motifs is 1. The summed E-state index contributed by atoms with van der Waals surface area (Å²) in [6, 6.07) is 3.36. The Bertz CT molecular complexity index is 799. The lowest BCUT2D eigenvalue weighted by molar-refractivity contribution is 0.102. The predicted octanol–water partition coefficient (Wildman–Crippen LogP) is 5.64. The highest BCUT2D eigenvalue weighted by Gasteiger charge is 2.21. The molecule has 0 aliphatic carbocycles. The summed E-state index contributed by atoms with van der Waals surface area (Å²) in [5.74, 6) is -0.234. The van der Waals surface area contributed by atoms with E-state index in [2.05, 4.69) is 36.6 Å². The third-order valence-electron chi connectivity index (χ3n) is 2.51. The summed E-state index contributed by atoms with van der Waals surface area (Å²) >= 11 is 16.9. The van der Waals surface area contributed by atoms with E-state index in [1.54, 1.807) is 17.5 Å². The second-order valence-corrected chi connectivity index (χ2v) is 7.92. The molecule has 9 heteroatoms. The zero-order valence-corrected chi connectivity index (χ0v) is 14.8. The van der Waals surface area contributed by atoms with Crippen molar-refractivity contribution in [1.29, 1.82) is 0 Å². The molecule has 0 saturated carbocycles. The smallest absolute Gasteiger partial charge is 0.256 e. The van der Waals surface area contributed by atoms with Crippen molar-refractivity contribution in [1.82, 2.24) is 0 Å². The number of carbonyl (C=O) groups is 1. The fraction of sp³-hybridized carbons (Fsp3) is 0. The van der Waals surface area contributed by atoms with Crippen LogP contribution in [0.4, 0.5) is 17.1 Å². The molecule has 102 valence electrons. The Kier molecular flexibility index (Phi) is 4.14. The fourth-order valence-corrected chi connectivity index (χ4v) is 4.09. The molecule has 0 unspecified atom stereocenters. The number of benzene rings is 1. The summed E-state index contributed by atoms with van der Waals surface area (Å²) in [6.07, 6.45) is 0. The lowest BCUT2D eigenvalue weighted by Crippen LogP contribution is -2.11. The van der Waals surface area contributed by atoms with E-state index in [1.165, 1.54) is 11.3 Å². The quantitative estimate of drug-likeness (QED) is 0.499. The molecule has 3 rings (SSSR count). The molecule has 0 spiro atoms. The Morgan fingerprint density at radius 2 is 1.95 bits per heavy atom. The summed E-state index contributed by atoms with van der Waals surface area (Å²) in [5.41, 5.74) is 2.06. The number of halogens is 3. The molecule has 1 aliphatic rings. The van der Waals surface area contributed by atoms with Crippen LogP contribution in [0.2, 0.25) is 10.0 Å². The van der Waals surface area contributed by atoms with Crippen molar-refractivity contribution in [3.63, 3.8) is 0 Å². The summed E-state index contributed by atoms with van der Waals surface area (Å²) in [4.78, 5) is 12.2. The van der Waals surface area contributed by atoms with Crippen molar-refractivity contribution in [2.24, 2.45) is 8.73 Å². The minimum Gasteiger partial charge on any atom is -0.319 e. The minimum absolute atomic E-state index is 0.234. The van der Waals surface area contributed by atoms with Crippen LogP contribution < -0.4 is 5.32 Å². The van der Waals surface area contributed by atoms with Gasteiger partial charge in [-0.05, 0) is 34.7 Å². The van der Waals surface area contributed by atoms with Gasteiger partial charge in [0.2, 0.25) is 0 Å². The number of thiophene rings is 1. The van der Waals surface area contributed by atoms with Crippen molar-refractivity contribution >= 4 is 91.5 Å². The van der Waals surface area contributed by atoms with E-state index in [0.29, 0.717) is 32.7 Å². The van der Waals surface area contributed by atoms with Gasteiger partial charge in [0, 0.05) is 5.38 Å². The Morgan fingerprint density at radius 1 is 1.20 bits per heavy atom. The maximum absolute atomic E-state index is 12.2. The van der Waals surface area contributed by atoms with Crippen LogP contribution in [0.1, 0.15) is 10.4 Å². The van der Waals surface area contributed by atoms with Gasteiger partial charge in [-0.15, -0.1) is 11.3 Å². The Labute approximate surface area is 145 Å². The second kappa shape index (κ2) is 5.72. The maximum atomic E-state index is 12.2. The van der Waals surface area contributed by atoms with Gasteiger partial charge in [-0.2, -0.15) is 8.73 Å². The molecule has 1 aromatic carbocycles. The third-order valence-corrected chi connectivity index (χ3v) is 5.42. The molecule has 0 atom stereocenters. The SMILES string of the molecule is O=C(Nc1c(Cl)cc(Cl)c2c1N=S=N2)c1csc(I)c1. The molecule has 2 aromatic rings. The first-order valence-corrected chi connectivity index (χ1v) is 8.66. The Morgan fingerprint density at radius 3 is 2.65 bits per heavy atom. The summed E-state index contributed by atoms with van der Waals surface area (Å²) in [6.45, 7) is 0. The molecule has 1 N–H and O–H groups in total. The normalized spacial score (nSPS) is 12.2. The summed E-state index contributed by atoms with van der Waals surface area (Å²) < 4.78 is 9.27. The van der Waals surface area contributed by atoms with Gasteiger partial charge >= 0.3 is 0 Å². The van der Waals surface area contributed by atoms with Crippen LogP contribution in [0.5, 0.6) is 0 Å². The number of amides is 1. The fourth-order valence-electron chi connectivity index (χ4n) is 1.61. The van der Waals surface area contributed by atoms with Crippen LogP contribution >= 0.6 is 57.1 Å². The summed E-state index contributed by atoms with van der Waals surface area (Å²) in [7, 11) is 0. The van der Waals surface area contributed by atoms with Crippen LogP contribution in [-0.2, 0) is 11.4 Å². The van der Waals surface area contributed by atoms with Crippen LogP contribution in [0.3, 0.4) is 0 Å². The molecule has 4 nitrogen and oxygen atoms in total. The molecule has 0 bridgehead atoms. The van der Waals surface area contributed by atoms with E-state index >= 15 is 0 Å². The van der Waals surface area contributed by atoms with Crippen LogP contribution in [0, 0.1) is 2.88 Å². The first-order valence-electron chi connectivity index (χ1n) is 5.22. The van der Waals surface area contributed by atoms with Crippen molar-refractivity contribution in [2.75, 3.05) is 5.32 Å². The molecular weight excluding hydrogens is 452 g/mol. The second-order valence-electron chi connectivity index (χ2n) is 3.77. The monoisotopic (exact) mass is 455 g/mol. The number of nitrogens with one attached hydrogen (secondary N) is 1. The zero-order chi connectivity index (χ0) is 14.3. The van der Waals surface area contributed by atoms with E-state index in [-0.39, 0.29) is 5.91 Å². The first kappa shape index (κ1) is 14.5. The number of hydrogen-bond donors (Lipinski definition) is 1. The molecular formula is C11H4Cl2IN3OS2. The lowest BCUT2D eigenvalue weighted by atomic mass is 10.2. The van der Waals surface area contributed by atoms with Gasteiger partial charge in [0.25, 0.3) is 5.91 Å². The van der Waals surface area contributed by atoms with Gasteiger partial charge in [-0.1, -0.05) is 23.2 Å². The van der Waals surface area contributed by atoms with Crippen LogP contribution in [0.25, 0.3) is 0 Å². The Hall–Kier alpha value is -0.480. The van der Waals surface area contributed by atoms with Crippen molar-refractivity contribution < 1.29 is 4.79 Å². The van der Waals surface area contributed by atoms with Gasteiger partial charge in [0.05, 0.1) is 35.5 Å². The van der Waals surface area contributed by atoms with Crippen molar-refractivity contribution in [3.05, 3.63) is 36.0 Å². The molecule has 2 heterocycles. The molecule has 20 heavy (non-hydrogen) atoms. The van der Waals surface area contributed by atoms with Gasteiger partial charge < -0.3 is 5.32 Å². The largest absolute Gasteiger partial charge is 0.319 e. The summed E-state index contributed by atoms with van der Waals surface area (Å²) in [5, 5.41) is 5.32. The number of nitrogens with zero attached hydrogens (tertiary/aromatic N) is 2. The molecule has 0 radical (unpaired) electrons. The van der Waals surface area contributed by atoms with Gasteiger partial charge in [0.1, 0.15) is 11.4 Å².